The summed E-state index contributed by atoms with van der Waals surface area (Å²) in [6.07, 6.45) is 1.61. The fourth-order valence-electron chi connectivity index (χ4n) is 1.72. The van der Waals surface area contributed by atoms with Gasteiger partial charge in [0.05, 0.1) is 0 Å². The van der Waals surface area contributed by atoms with Gasteiger partial charge in [-0.05, 0) is 31.5 Å². The molecule has 1 aromatic rings. The smallest absolute Gasteiger partial charge is 0.231 e. The first-order valence-corrected chi connectivity index (χ1v) is 7.39. The number of benzene rings is 1. The molecular formula is C16H17FN2OS. The van der Waals surface area contributed by atoms with Crippen LogP contribution in [0.4, 0.5) is 4.39 Å². The number of halogens is 1. The van der Waals surface area contributed by atoms with Gasteiger partial charge in [0.2, 0.25) is 5.12 Å². The van der Waals surface area contributed by atoms with Crippen LogP contribution in [0.2, 0.25) is 0 Å². The summed E-state index contributed by atoms with van der Waals surface area (Å²) in [5, 5.41) is 11.9. The van der Waals surface area contributed by atoms with Gasteiger partial charge in [-0.25, -0.2) is 4.39 Å². The van der Waals surface area contributed by atoms with Crippen LogP contribution in [0.5, 0.6) is 0 Å². The molecule has 1 rings (SSSR count). The lowest BCUT2D eigenvalue weighted by Crippen LogP contribution is -2.19. The van der Waals surface area contributed by atoms with Gasteiger partial charge in [-0.1, -0.05) is 30.0 Å². The lowest BCUT2D eigenvalue weighted by molar-refractivity contribution is -0.107. The van der Waals surface area contributed by atoms with Crippen LogP contribution in [0, 0.1) is 17.1 Å². The summed E-state index contributed by atoms with van der Waals surface area (Å²) in [6.45, 7) is 7.11. The molecule has 110 valence electrons. The molecule has 1 unspecified atom stereocenters. The minimum Gasteiger partial charge on any atom is -0.381 e. The molecule has 0 saturated carbocycles. The molecule has 0 spiro atoms. The zero-order chi connectivity index (χ0) is 15.8. The van der Waals surface area contributed by atoms with E-state index in [1.165, 1.54) is 12.1 Å². The third-order valence-corrected chi connectivity index (χ3v) is 3.69. The summed E-state index contributed by atoms with van der Waals surface area (Å²) in [6, 6.07) is 7.89. The molecule has 3 nitrogen and oxygen atoms in total. The van der Waals surface area contributed by atoms with Crippen molar-refractivity contribution in [3.63, 3.8) is 0 Å². The average molecular weight is 304 g/mol. The summed E-state index contributed by atoms with van der Waals surface area (Å²) in [4.78, 5) is 11.9. The van der Waals surface area contributed by atoms with Crippen molar-refractivity contribution >= 4 is 16.9 Å². The Morgan fingerprint density at radius 3 is 2.67 bits per heavy atom. The maximum absolute atomic E-state index is 12.9. The van der Waals surface area contributed by atoms with Gasteiger partial charge in [0.15, 0.2) is 0 Å². The molecule has 0 radical (unpaired) electrons. The van der Waals surface area contributed by atoms with E-state index in [4.69, 9.17) is 5.26 Å². The maximum atomic E-state index is 12.9. The van der Waals surface area contributed by atoms with Gasteiger partial charge in [-0.3, -0.25) is 4.79 Å². The monoisotopic (exact) mass is 304 g/mol. The zero-order valence-corrected chi connectivity index (χ0v) is 12.8. The summed E-state index contributed by atoms with van der Waals surface area (Å²) < 4.78 is 12.9. The third kappa shape index (κ3) is 5.09. The Balaban J connectivity index is 2.85. The van der Waals surface area contributed by atoms with E-state index in [0.717, 1.165) is 17.3 Å². The number of hydrogen-bond acceptors (Lipinski definition) is 4. The van der Waals surface area contributed by atoms with Crippen LogP contribution in [0.25, 0.3) is 0 Å². The Kier molecular flexibility index (Phi) is 6.70. The largest absolute Gasteiger partial charge is 0.381 e. The topological polar surface area (TPSA) is 52.9 Å². The van der Waals surface area contributed by atoms with Gasteiger partial charge in [0.25, 0.3) is 0 Å². The van der Waals surface area contributed by atoms with E-state index in [9.17, 15) is 9.18 Å². The van der Waals surface area contributed by atoms with Gasteiger partial charge in [0, 0.05) is 17.5 Å². The molecule has 1 atom stereocenters. The van der Waals surface area contributed by atoms with Crippen molar-refractivity contribution in [2.75, 3.05) is 5.75 Å². The molecule has 0 aliphatic carbocycles. The normalized spacial score (nSPS) is 12.9. The van der Waals surface area contributed by atoms with Crippen LogP contribution in [0.15, 0.2) is 48.2 Å². The van der Waals surface area contributed by atoms with Crippen LogP contribution < -0.4 is 5.32 Å². The fourth-order valence-corrected chi connectivity index (χ4v) is 2.33. The number of carbonyl (C=O) groups excluding carboxylic acids is 1. The van der Waals surface area contributed by atoms with Gasteiger partial charge >= 0.3 is 0 Å². The number of nitriles is 1. The van der Waals surface area contributed by atoms with Gasteiger partial charge in [-0.15, -0.1) is 6.58 Å². The molecule has 0 aliphatic rings. The second-order valence-electron chi connectivity index (χ2n) is 4.42. The number of nitrogens with zero attached hydrogens (tertiary/aromatic N) is 1. The molecule has 0 saturated heterocycles. The summed E-state index contributed by atoms with van der Waals surface area (Å²) in [5.74, 6) is 0.164. The highest BCUT2D eigenvalue weighted by Crippen LogP contribution is 2.18. The van der Waals surface area contributed by atoms with Crippen molar-refractivity contribution in [3.8, 4) is 6.07 Å². The summed E-state index contributed by atoms with van der Waals surface area (Å²) in [7, 11) is 0. The Morgan fingerprint density at radius 2 is 2.14 bits per heavy atom. The predicted octanol–water partition coefficient (Wildman–Crippen LogP) is 3.72. The molecule has 0 fully saturated rings. The quantitative estimate of drug-likeness (QED) is 0.494. The zero-order valence-electron chi connectivity index (χ0n) is 12.0. The molecule has 0 aromatic heterocycles. The number of carbonyl (C=O) groups is 1. The lowest BCUT2D eigenvalue weighted by Gasteiger charge is -2.17. The molecule has 21 heavy (non-hydrogen) atoms. The molecule has 0 bridgehead atoms. The minimum atomic E-state index is -0.299. The first kappa shape index (κ1) is 17.0. The van der Waals surface area contributed by atoms with E-state index in [0.29, 0.717) is 11.4 Å². The van der Waals surface area contributed by atoms with Crippen molar-refractivity contribution in [1.29, 1.82) is 5.26 Å². The van der Waals surface area contributed by atoms with Gasteiger partial charge < -0.3 is 5.32 Å². The second kappa shape index (κ2) is 8.28. The van der Waals surface area contributed by atoms with Crippen molar-refractivity contribution in [1.82, 2.24) is 5.32 Å². The van der Waals surface area contributed by atoms with E-state index < -0.39 is 0 Å². The van der Waals surface area contributed by atoms with Gasteiger partial charge in [-0.2, -0.15) is 5.26 Å². The van der Waals surface area contributed by atoms with Crippen molar-refractivity contribution in [2.45, 2.75) is 19.9 Å². The number of nitrogens with one attached hydrogen (secondary N) is 1. The third-order valence-electron chi connectivity index (χ3n) is 2.83. The highest BCUT2D eigenvalue weighted by Gasteiger charge is 2.14. The maximum Gasteiger partial charge on any atom is 0.231 e. The van der Waals surface area contributed by atoms with Gasteiger partial charge in [0.1, 0.15) is 17.5 Å². The second-order valence-corrected chi connectivity index (χ2v) is 5.41. The van der Waals surface area contributed by atoms with E-state index in [2.05, 4.69) is 11.9 Å². The number of hydrogen-bond donors (Lipinski definition) is 1. The Morgan fingerprint density at radius 1 is 1.52 bits per heavy atom. The molecule has 1 aromatic carbocycles. The summed E-state index contributed by atoms with van der Waals surface area (Å²) in [5.41, 5.74) is 1.48. The molecule has 0 heterocycles. The molecule has 1 N–H and O–H groups in total. The first-order chi connectivity index (χ1) is 9.99. The molecule has 5 heteroatoms. The number of thioether (sulfide) groups is 1. The average Bonchev–Trinajstić information content (AvgIpc) is 2.46. The highest BCUT2D eigenvalue weighted by atomic mass is 32.2. The molecule has 0 aliphatic heterocycles. The van der Waals surface area contributed by atoms with Crippen LogP contribution in [-0.4, -0.2) is 10.9 Å². The SMILES string of the molecule is C=CCSC(=O)/C(C#N)=C(/C)NC(C)c1ccc(F)cc1. The number of allylic oxidation sites excluding steroid dienone is 1. The standard InChI is InChI=1S/C16H17FN2OS/c1-4-9-21-16(20)15(10-18)12(3)19-11(2)13-5-7-14(17)8-6-13/h4-8,11,19H,1,9H2,2-3H3/b15-12-. The predicted molar refractivity (Wildman–Crippen MR) is 83.9 cm³/mol. The molecule has 0 amide bonds. The van der Waals surface area contributed by atoms with Crippen LogP contribution in [0.3, 0.4) is 0 Å². The van der Waals surface area contributed by atoms with Crippen molar-refractivity contribution < 1.29 is 9.18 Å². The van der Waals surface area contributed by atoms with E-state index in [1.807, 2.05) is 13.0 Å². The lowest BCUT2D eigenvalue weighted by atomic mass is 10.1. The molecular weight excluding hydrogens is 287 g/mol. The number of rotatable bonds is 6. The van der Waals surface area contributed by atoms with E-state index in [-0.39, 0.29) is 22.5 Å². The van der Waals surface area contributed by atoms with E-state index >= 15 is 0 Å². The first-order valence-electron chi connectivity index (χ1n) is 6.40. The Bertz CT molecular complexity index is 587. The Labute approximate surface area is 128 Å². The van der Waals surface area contributed by atoms with Crippen molar-refractivity contribution in [3.05, 3.63) is 59.6 Å². The Hall–Kier alpha value is -2.06. The van der Waals surface area contributed by atoms with Crippen molar-refractivity contribution in [2.24, 2.45) is 0 Å². The van der Waals surface area contributed by atoms with Crippen LogP contribution in [0.1, 0.15) is 25.5 Å². The fraction of sp³-hybridized carbons (Fsp3) is 0.250. The van der Waals surface area contributed by atoms with Crippen LogP contribution >= 0.6 is 11.8 Å². The van der Waals surface area contributed by atoms with E-state index in [1.54, 1.807) is 25.1 Å². The highest BCUT2D eigenvalue weighted by molar-refractivity contribution is 8.14. The minimum absolute atomic E-state index is 0.0933. The summed E-state index contributed by atoms with van der Waals surface area (Å²) >= 11 is 1.04. The van der Waals surface area contributed by atoms with Crippen LogP contribution in [-0.2, 0) is 4.79 Å².